The minimum absolute atomic E-state index is 0.285. The van der Waals surface area contributed by atoms with Gasteiger partial charge in [-0.15, -0.1) is 0 Å². The van der Waals surface area contributed by atoms with Crippen molar-refractivity contribution >= 4 is 6.08 Å². The molecule has 2 atom stereocenters. The van der Waals surface area contributed by atoms with Crippen LogP contribution in [0.1, 0.15) is 29.4 Å². The lowest BCUT2D eigenvalue weighted by molar-refractivity contribution is -0.0692. The zero-order valence-electron chi connectivity index (χ0n) is 18.4. The topological polar surface area (TPSA) is 28.9 Å². The van der Waals surface area contributed by atoms with Gasteiger partial charge in [-0.3, -0.25) is 9.80 Å². The molecule has 3 aliphatic heterocycles. The van der Waals surface area contributed by atoms with Gasteiger partial charge in [0.15, 0.2) is 0 Å². The van der Waals surface area contributed by atoms with Gasteiger partial charge in [0.05, 0.1) is 12.9 Å². The Morgan fingerprint density at radius 1 is 0.939 bits per heavy atom. The molecule has 0 radical (unpaired) electrons. The number of hydrogen-bond donors (Lipinski definition) is 0. The zero-order chi connectivity index (χ0) is 22.6. The van der Waals surface area contributed by atoms with Crippen LogP contribution in [-0.2, 0) is 4.74 Å². The minimum atomic E-state index is -0.353. The van der Waals surface area contributed by atoms with Crippen LogP contribution in [-0.4, -0.2) is 54.7 Å². The number of halogens is 2. The van der Waals surface area contributed by atoms with Gasteiger partial charge in [-0.25, -0.2) is 8.78 Å². The highest BCUT2D eigenvalue weighted by molar-refractivity contribution is 5.42. The van der Waals surface area contributed by atoms with E-state index in [-0.39, 0.29) is 17.7 Å². The van der Waals surface area contributed by atoms with E-state index in [0.29, 0.717) is 18.7 Å². The molecule has 0 spiro atoms. The number of rotatable bonds is 9. The summed E-state index contributed by atoms with van der Waals surface area (Å²) in [5, 5.41) is 0. The van der Waals surface area contributed by atoms with E-state index in [0.717, 1.165) is 43.1 Å². The lowest BCUT2D eigenvalue weighted by Crippen LogP contribution is -2.68. The van der Waals surface area contributed by atoms with Crippen molar-refractivity contribution in [2.75, 3.05) is 32.8 Å². The second kappa shape index (κ2) is 10.00. The molecule has 33 heavy (non-hydrogen) atoms. The van der Waals surface area contributed by atoms with Crippen LogP contribution in [0.5, 0.6) is 0 Å². The smallest absolute Gasteiger partial charge is 0.126 e. The van der Waals surface area contributed by atoms with Gasteiger partial charge in [0.25, 0.3) is 0 Å². The number of benzene rings is 2. The summed E-state index contributed by atoms with van der Waals surface area (Å²) in [5.74, 6) is 0.316. The first-order valence-corrected chi connectivity index (χ1v) is 11.5. The molecule has 172 valence electrons. The summed E-state index contributed by atoms with van der Waals surface area (Å²) < 4.78 is 38.4. The molecule has 0 saturated carbocycles. The van der Waals surface area contributed by atoms with Crippen LogP contribution < -0.4 is 0 Å². The third-order valence-electron chi connectivity index (χ3n) is 6.60. The second-order valence-electron chi connectivity index (χ2n) is 8.77. The summed E-state index contributed by atoms with van der Waals surface area (Å²) in [4.78, 5) is 5.01. The molecule has 1 aromatic heterocycles. The summed E-state index contributed by atoms with van der Waals surface area (Å²) in [6.45, 7) is 4.40. The van der Waals surface area contributed by atoms with E-state index in [2.05, 4.69) is 15.9 Å². The van der Waals surface area contributed by atoms with Crippen molar-refractivity contribution in [1.29, 1.82) is 0 Å². The van der Waals surface area contributed by atoms with Gasteiger partial charge in [0.2, 0.25) is 0 Å². The number of ether oxygens (including phenoxy) is 1. The van der Waals surface area contributed by atoms with Gasteiger partial charge in [0, 0.05) is 38.3 Å². The van der Waals surface area contributed by atoms with Crippen LogP contribution in [0.15, 0.2) is 77.4 Å². The lowest BCUT2D eigenvalue weighted by Gasteiger charge is -2.56. The van der Waals surface area contributed by atoms with Crippen LogP contribution in [0.3, 0.4) is 0 Å². The highest BCUT2D eigenvalue weighted by Crippen LogP contribution is 2.32. The molecule has 6 rings (SSSR count). The Bertz CT molecular complexity index is 993. The molecule has 3 aromatic rings. The molecule has 4 nitrogen and oxygen atoms in total. The second-order valence-corrected chi connectivity index (χ2v) is 8.77. The predicted molar refractivity (Wildman–Crippen MR) is 124 cm³/mol. The number of piperidine rings is 1. The molecule has 3 aliphatic rings. The zero-order valence-corrected chi connectivity index (χ0v) is 18.4. The Hall–Kier alpha value is -2.80. The van der Waals surface area contributed by atoms with Crippen molar-refractivity contribution in [3.8, 4) is 0 Å². The minimum Gasteiger partial charge on any atom is -0.465 e. The average Bonchev–Trinajstić information content (AvgIpc) is 3.35. The maximum Gasteiger partial charge on any atom is 0.126 e. The van der Waals surface area contributed by atoms with Crippen molar-refractivity contribution in [1.82, 2.24) is 9.80 Å². The summed E-state index contributed by atoms with van der Waals surface area (Å²) in [5.41, 5.74) is 1.72. The van der Waals surface area contributed by atoms with Crippen molar-refractivity contribution in [3.05, 3.63) is 102 Å². The van der Waals surface area contributed by atoms with Crippen LogP contribution >= 0.6 is 0 Å². The maximum absolute atomic E-state index is 13.4. The fourth-order valence-electron chi connectivity index (χ4n) is 4.89. The molecule has 3 fully saturated rings. The van der Waals surface area contributed by atoms with E-state index in [1.54, 1.807) is 30.5 Å². The number of hydrogen-bond acceptors (Lipinski definition) is 4. The molecule has 0 amide bonds. The number of furan rings is 1. The largest absolute Gasteiger partial charge is 0.465 e. The van der Waals surface area contributed by atoms with Gasteiger partial charge >= 0.3 is 0 Å². The summed E-state index contributed by atoms with van der Waals surface area (Å²) in [7, 11) is 0. The Labute approximate surface area is 193 Å². The van der Waals surface area contributed by atoms with Crippen molar-refractivity contribution in [2.24, 2.45) is 0 Å². The molecular formula is C27H28F2N2O2. The van der Waals surface area contributed by atoms with Gasteiger partial charge in [-0.1, -0.05) is 30.3 Å². The third-order valence-corrected chi connectivity index (χ3v) is 6.60. The summed E-state index contributed by atoms with van der Waals surface area (Å²) in [6, 6.07) is 17.7. The van der Waals surface area contributed by atoms with Crippen LogP contribution in [0.4, 0.5) is 8.78 Å². The quantitative estimate of drug-likeness (QED) is 0.452. The van der Waals surface area contributed by atoms with E-state index >= 15 is 0 Å². The molecule has 0 N–H and O–H groups in total. The normalized spacial score (nSPS) is 21.1. The molecule has 2 aromatic carbocycles. The van der Waals surface area contributed by atoms with Gasteiger partial charge in [-0.05, 0) is 60.0 Å². The SMILES string of the molecule is Fc1ccc(C(OCCN2CC3CC(C2)N3C/C=C/c2ccco2)c2ccc(F)cc2)cc1. The summed E-state index contributed by atoms with van der Waals surface area (Å²) in [6.07, 6.45) is 6.79. The van der Waals surface area contributed by atoms with E-state index < -0.39 is 0 Å². The molecule has 3 saturated heterocycles. The van der Waals surface area contributed by atoms with Crippen molar-refractivity contribution < 1.29 is 17.9 Å². The molecule has 0 aliphatic carbocycles. The van der Waals surface area contributed by atoms with Crippen LogP contribution in [0.25, 0.3) is 6.08 Å². The van der Waals surface area contributed by atoms with Crippen LogP contribution in [0.2, 0.25) is 0 Å². The van der Waals surface area contributed by atoms with E-state index in [9.17, 15) is 8.78 Å². The van der Waals surface area contributed by atoms with Crippen LogP contribution in [0, 0.1) is 11.6 Å². The molecule has 6 heteroatoms. The van der Waals surface area contributed by atoms with Gasteiger partial charge < -0.3 is 9.15 Å². The first-order chi connectivity index (χ1) is 16.2. The highest BCUT2D eigenvalue weighted by Gasteiger charge is 2.43. The average molecular weight is 451 g/mol. The number of piperazine rings is 1. The molecular weight excluding hydrogens is 422 g/mol. The Balaban J connectivity index is 1.14. The standard InChI is InChI=1S/C27H28F2N2O2/c28-22-9-5-20(6-10-22)27(21-7-11-23(29)12-8-21)33-16-14-30-18-24-17-25(19-30)31(24)13-1-3-26-4-2-15-32-26/h1-12,15,24-25,27H,13-14,16-19H2/b3-1+. The Morgan fingerprint density at radius 3 is 2.15 bits per heavy atom. The third kappa shape index (κ3) is 5.24. The van der Waals surface area contributed by atoms with E-state index in [1.807, 2.05) is 18.2 Å². The Kier molecular flexibility index (Phi) is 6.67. The maximum atomic E-state index is 13.4. The Morgan fingerprint density at radius 2 is 1.58 bits per heavy atom. The van der Waals surface area contributed by atoms with Gasteiger partial charge in [0.1, 0.15) is 23.5 Å². The van der Waals surface area contributed by atoms with E-state index in [4.69, 9.17) is 9.15 Å². The van der Waals surface area contributed by atoms with Crippen molar-refractivity contribution in [3.63, 3.8) is 0 Å². The van der Waals surface area contributed by atoms with Crippen molar-refractivity contribution in [2.45, 2.75) is 24.6 Å². The van der Waals surface area contributed by atoms with Gasteiger partial charge in [-0.2, -0.15) is 0 Å². The first kappa shape index (κ1) is 22.0. The fourth-order valence-corrected chi connectivity index (χ4v) is 4.89. The molecule has 2 unspecified atom stereocenters. The first-order valence-electron chi connectivity index (χ1n) is 11.5. The highest BCUT2D eigenvalue weighted by atomic mass is 19.1. The fraction of sp³-hybridized carbons (Fsp3) is 0.333. The molecule has 2 bridgehead atoms. The lowest BCUT2D eigenvalue weighted by atomic mass is 9.87. The predicted octanol–water partition coefficient (Wildman–Crippen LogP) is 5.14. The number of nitrogens with zero attached hydrogens (tertiary/aromatic N) is 2. The number of fused-ring (bicyclic) bond motifs is 2. The monoisotopic (exact) mass is 450 g/mol. The molecule has 4 heterocycles. The summed E-state index contributed by atoms with van der Waals surface area (Å²) >= 11 is 0. The van der Waals surface area contributed by atoms with E-state index in [1.165, 1.54) is 30.7 Å².